The number of carbonyl (C=O) groups is 2. The van der Waals surface area contributed by atoms with E-state index in [1.807, 2.05) is 0 Å². The summed E-state index contributed by atoms with van der Waals surface area (Å²) in [5.41, 5.74) is 0. The molecule has 2 aromatic rings. The summed E-state index contributed by atoms with van der Waals surface area (Å²) in [7, 11) is 0. The standard InChI is InChI=1S/C10H6BrN3O3S/c11-7-3-13-8(4-12-7)14-9(15)5-1-2-6(18-5)10(16)17/h1-4H,(H,16,17)(H,13,14,15). The minimum Gasteiger partial charge on any atom is -0.477 e. The van der Waals surface area contributed by atoms with Gasteiger partial charge in [0.1, 0.15) is 9.48 Å². The molecule has 0 radical (unpaired) electrons. The van der Waals surface area contributed by atoms with Crippen LogP contribution in [0, 0.1) is 0 Å². The molecule has 18 heavy (non-hydrogen) atoms. The Balaban J connectivity index is 2.11. The summed E-state index contributed by atoms with van der Waals surface area (Å²) in [5, 5.41) is 11.3. The molecule has 0 aromatic carbocycles. The first-order valence-electron chi connectivity index (χ1n) is 4.68. The molecule has 0 unspecified atom stereocenters. The van der Waals surface area contributed by atoms with Crippen molar-refractivity contribution in [2.75, 3.05) is 5.32 Å². The molecule has 0 aliphatic rings. The van der Waals surface area contributed by atoms with Crippen LogP contribution in [0.2, 0.25) is 0 Å². The predicted molar refractivity (Wildman–Crippen MR) is 69.0 cm³/mol. The highest BCUT2D eigenvalue weighted by atomic mass is 79.9. The van der Waals surface area contributed by atoms with Gasteiger partial charge in [-0.25, -0.2) is 14.8 Å². The van der Waals surface area contributed by atoms with Gasteiger partial charge < -0.3 is 10.4 Å². The summed E-state index contributed by atoms with van der Waals surface area (Å²) >= 11 is 4.03. The maximum atomic E-state index is 11.8. The van der Waals surface area contributed by atoms with Gasteiger partial charge in [-0.3, -0.25) is 4.79 Å². The van der Waals surface area contributed by atoms with Crippen molar-refractivity contribution in [2.45, 2.75) is 0 Å². The lowest BCUT2D eigenvalue weighted by atomic mass is 10.4. The van der Waals surface area contributed by atoms with Crippen LogP contribution >= 0.6 is 27.3 Å². The van der Waals surface area contributed by atoms with Crippen molar-refractivity contribution >= 4 is 45.0 Å². The normalized spacial score (nSPS) is 10.1. The van der Waals surface area contributed by atoms with Gasteiger partial charge in [0.2, 0.25) is 0 Å². The number of carbonyl (C=O) groups excluding carboxylic acids is 1. The monoisotopic (exact) mass is 327 g/mol. The Morgan fingerprint density at radius 3 is 2.50 bits per heavy atom. The molecule has 2 N–H and O–H groups in total. The number of thiophene rings is 1. The van der Waals surface area contributed by atoms with E-state index in [0.29, 0.717) is 15.3 Å². The van der Waals surface area contributed by atoms with E-state index >= 15 is 0 Å². The van der Waals surface area contributed by atoms with Crippen LogP contribution in [0.1, 0.15) is 19.3 Å². The zero-order valence-electron chi connectivity index (χ0n) is 8.75. The van der Waals surface area contributed by atoms with Gasteiger partial charge in [0.15, 0.2) is 5.82 Å². The second kappa shape index (κ2) is 5.23. The fourth-order valence-corrected chi connectivity index (χ4v) is 2.07. The van der Waals surface area contributed by atoms with Crippen LogP contribution < -0.4 is 5.32 Å². The molecule has 6 nitrogen and oxygen atoms in total. The molecule has 0 fully saturated rings. The third kappa shape index (κ3) is 2.90. The molecule has 92 valence electrons. The minimum absolute atomic E-state index is 0.113. The Hall–Kier alpha value is -1.80. The number of rotatable bonds is 3. The molecule has 0 spiro atoms. The highest BCUT2D eigenvalue weighted by Crippen LogP contribution is 2.17. The predicted octanol–water partition coefficient (Wildman–Crippen LogP) is 2.25. The molecule has 2 rings (SSSR count). The number of nitrogens with one attached hydrogen (secondary N) is 1. The van der Waals surface area contributed by atoms with Crippen molar-refractivity contribution in [2.24, 2.45) is 0 Å². The smallest absolute Gasteiger partial charge is 0.345 e. The average molecular weight is 328 g/mol. The lowest BCUT2D eigenvalue weighted by Gasteiger charge is -2.01. The van der Waals surface area contributed by atoms with Gasteiger partial charge in [0.25, 0.3) is 5.91 Å². The first-order chi connectivity index (χ1) is 8.56. The number of aromatic nitrogens is 2. The van der Waals surface area contributed by atoms with Crippen molar-refractivity contribution in [1.29, 1.82) is 0 Å². The fourth-order valence-electron chi connectivity index (χ4n) is 1.13. The summed E-state index contributed by atoms with van der Waals surface area (Å²) in [4.78, 5) is 30.7. The number of carboxylic acid groups (broad SMARTS) is 1. The maximum Gasteiger partial charge on any atom is 0.345 e. The third-order valence-electron chi connectivity index (χ3n) is 1.90. The van der Waals surface area contributed by atoms with Crippen molar-refractivity contribution < 1.29 is 14.7 Å². The molecule has 0 aliphatic carbocycles. The van der Waals surface area contributed by atoms with E-state index in [-0.39, 0.29) is 4.88 Å². The number of halogens is 1. The third-order valence-corrected chi connectivity index (χ3v) is 3.38. The quantitative estimate of drug-likeness (QED) is 0.901. The number of hydrogen-bond donors (Lipinski definition) is 2. The van der Waals surface area contributed by atoms with Crippen molar-refractivity contribution in [3.8, 4) is 0 Å². The lowest BCUT2D eigenvalue weighted by molar-refractivity contribution is 0.0702. The second-order valence-corrected chi connectivity index (χ2v) is 5.04. The van der Waals surface area contributed by atoms with Gasteiger partial charge in [0, 0.05) is 0 Å². The first-order valence-corrected chi connectivity index (χ1v) is 6.29. The van der Waals surface area contributed by atoms with Crippen LogP contribution in [0.15, 0.2) is 29.1 Å². The van der Waals surface area contributed by atoms with Crippen LogP contribution in [0.25, 0.3) is 0 Å². The summed E-state index contributed by atoms with van der Waals surface area (Å²) in [6, 6.07) is 2.84. The number of aromatic carboxylic acids is 1. The molecule has 1 amide bonds. The topological polar surface area (TPSA) is 92.2 Å². The van der Waals surface area contributed by atoms with Crippen molar-refractivity contribution in [3.05, 3.63) is 38.9 Å². The summed E-state index contributed by atoms with van der Waals surface area (Å²) in [6.07, 6.45) is 2.85. The van der Waals surface area contributed by atoms with E-state index in [9.17, 15) is 9.59 Å². The van der Waals surface area contributed by atoms with Gasteiger partial charge >= 0.3 is 5.97 Å². The molecule has 0 saturated carbocycles. The van der Waals surface area contributed by atoms with Crippen LogP contribution in [0.5, 0.6) is 0 Å². The van der Waals surface area contributed by atoms with Gasteiger partial charge in [-0.1, -0.05) is 0 Å². The lowest BCUT2D eigenvalue weighted by Crippen LogP contribution is -2.11. The van der Waals surface area contributed by atoms with Crippen molar-refractivity contribution in [3.63, 3.8) is 0 Å². The van der Waals surface area contributed by atoms with Crippen LogP contribution in [-0.4, -0.2) is 27.0 Å². The zero-order chi connectivity index (χ0) is 13.1. The van der Waals surface area contributed by atoms with E-state index < -0.39 is 11.9 Å². The maximum absolute atomic E-state index is 11.8. The Kier molecular flexibility index (Phi) is 3.68. The number of nitrogens with zero attached hydrogens (tertiary/aromatic N) is 2. The van der Waals surface area contributed by atoms with Crippen LogP contribution in [-0.2, 0) is 0 Å². The molecule has 8 heteroatoms. The van der Waals surface area contributed by atoms with Crippen LogP contribution in [0.4, 0.5) is 5.82 Å². The van der Waals surface area contributed by atoms with E-state index in [1.165, 1.54) is 24.5 Å². The summed E-state index contributed by atoms with van der Waals surface area (Å²) in [6.45, 7) is 0. The number of carboxylic acids is 1. The van der Waals surface area contributed by atoms with Crippen LogP contribution in [0.3, 0.4) is 0 Å². The summed E-state index contributed by atoms with van der Waals surface area (Å²) in [5.74, 6) is -1.17. The molecule has 0 bridgehead atoms. The molecule has 0 saturated heterocycles. The molecular weight excluding hydrogens is 322 g/mol. The Bertz CT molecular complexity index is 597. The van der Waals surface area contributed by atoms with E-state index in [0.717, 1.165) is 11.3 Å². The number of hydrogen-bond acceptors (Lipinski definition) is 5. The largest absolute Gasteiger partial charge is 0.477 e. The number of anilines is 1. The Labute approximate surface area is 114 Å². The highest BCUT2D eigenvalue weighted by molar-refractivity contribution is 9.10. The fraction of sp³-hybridized carbons (Fsp3) is 0. The average Bonchev–Trinajstić information content (AvgIpc) is 2.81. The molecular formula is C10H6BrN3O3S. The highest BCUT2D eigenvalue weighted by Gasteiger charge is 2.13. The SMILES string of the molecule is O=C(O)c1ccc(C(=O)Nc2cnc(Br)cn2)s1. The van der Waals surface area contributed by atoms with E-state index in [2.05, 4.69) is 31.2 Å². The molecule has 2 aromatic heterocycles. The van der Waals surface area contributed by atoms with E-state index in [4.69, 9.17) is 5.11 Å². The minimum atomic E-state index is -1.05. The zero-order valence-corrected chi connectivity index (χ0v) is 11.2. The van der Waals surface area contributed by atoms with Crippen molar-refractivity contribution in [1.82, 2.24) is 9.97 Å². The first kappa shape index (κ1) is 12.7. The van der Waals surface area contributed by atoms with Gasteiger partial charge in [0.05, 0.1) is 17.3 Å². The van der Waals surface area contributed by atoms with Gasteiger partial charge in [-0.15, -0.1) is 11.3 Å². The molecule has 2 heterocycles. The van der Waals surface area contributed by atoms with E-state index in [1.54, 1.807) is 0 Å². The number of amides is 1. The molecule has 0 aliphatic heterocycles. The Morgan fingerprint density at radius 1 is 1.22 bits per heavy atom. The molecule has 0 atom stereocenters. The summed E-state index contributed by atoms with van der Waals surface area (Å²) < 4.78 is 0.560. The second-order valence-electron chi connectivity index (χ2n) is 3.15. The van der Waals surface area contributed by atoms with Gasteiger partial charge in [-0.2, -0.15) is 0 Å². The van der Waals surface area contributed by atoms with Gasteiger partial charge in [-0.05, 0) is 28.1 Å². The Morgan fingerprint density at radius 2 is 1.94 bits per heavy atom.